The van der Waals surface area contributed by atoms with Gasteiger partial charge < -0.3 is 9.84 Å². The third-order valence-corrected chi connectivity index (χ3v) is 4.20. The second-order valence-corrected chi connectivity index (χ2v) is 5.94. The molecule has 112 valence electrons. The molecule has 1 aliphatic rings. The highest BCUT2D eigenvalue weighted by Gasteiger charge is 2.20. The van der Waals surface area contributed by atoms with Crippen molar-refractivity contribution in [1.29, 1.82) is 0 Å². The molecule has 0 amide bonds. The van der Waals surface area contributed by atoms with Gasteiger partial charge in [0.05, 0.1) is 6.10 Å². The zero-order valence-electron chi connectivity index (χ0n) is 12.5. The second kappa shape index (κ2) is 9.02. The van der Waals surface area contributed by atoms with Crippen molar-refractivity contribution in [2.24, 2.45) is 0 Å². The highest BCUT2D eigenvalue weighted by atomic mass is 16.5. The smallest absolute Gasteiger partial charge is 0.124 e. The Balaban J connectivity index is 1.90. The van der Waals surface area contributed by atoms with Crippen LogP contribution in [0.15, 0.2) is 30.3 Å². The van der Waals surface area contributed by atoms with E-state index in [4.69, 9.17) is 4.74 Å². The van der Waals surface area contributed by atoms with Gasteiger partial charge in [0.2, 0.25) is 0 Å². The fraction of sp³-hybridized carbons (Fsp3) is 0.667. The lowest BCUT2D eigenvalue weighted by Gasteiger charge is -2.25. The van der Waals surface area contributed by atoms with Crippen LogP contribution in [0.2, 0.25) is 0 Å². The summed E-state index contributed by atoms with van der Waals surface area (Å²) in [6.45, 7) is 0. The summed E-state index contributed by atoms with van der Waals surface area (Å²) in [7, 11) is 0. The van der Waals surface area contributed by atoms with Gasteiger partial charge in [-0.05, 0) is 31.4 Å². The molecule has 1 aliphatic carbocycles. The Kier molecular flexibility index (Phi) is 6.93. The molecule has 0 aromatic heterocycles. The number of aliphatic hydroxyl groups excluding tert-OH is 1. The van der Waals surface area contributed by atoms with Crippen LogP contribution in [0.3, 0.4) is 0 Å². The number of hydrogen-bond acceptors (Lipinski definition) is 2. The summed E-state index contributed by atoms with van der Waals surface area (Å²) in [5, 5.41) is 10.4. The van der Waals surface area contributed by atoms with Crippen molar-refractivity contribution in [2.75, 3.05) is 0 Å². The van der Waals surface area contributed by atoms with Gasteiger partial charge in [-0.1, -0.05) is 63.1 Å². The maximum atomic E-state index is 10.4. The first kappa shape index (κ1) is 15.4. The molecule has 0 radical (unpaired) electrons. The van der Waals surface area contributed by atoms with Crippen molar-refractivity contribution < 1.29 is 9.84 Å². The van der Waals surface area contributed by atoms with Crippen molar-refractivity contribution in [3.05, 3.63) is 30.3 Å². The van der Waals surface area contributed by atoms with Crippen molar-refractivity contribution in [3.8, 4) is 5.75 Å². The van der Waals surface area contributed by atoms with Crippen LogP contribution in [0.4, 0.5) is 0 Å². The predicted molar refractivity (Wildman–Crippen MR) is 83.0 cm³/mol. The minimum Gasteiger partial charge on any atom is -0.488 e. The largest absolute Gasteiger partial charge is 0.488 e. The van der Waals surface area contributed by atoms with Gasteiger partial charge in [-0.15, -0.1) is 0 Å². The summed E-state index contributed by atoms with van der Waals surface area (Å²) in [6.07, 6.45) is 11.6. The minimum atomic E-state index is -0.324. The fourth-order valence-electron chi connectivity index (χ4n) is 2.95. The maximum Gasteiger partial charge on any atom is 0.124 e. The lowest BCUT2D eigenvalue weighted by atomic mass is 9.97. The van der Waals surface area contributed by atoms with Gasteiger partial charge in [-0.3, -0.25) is 0 Å². The van der Waals surface area contributed by atoms with Crippen LogP contribution in [-0.2, 0) is 0 Å². The molecule has 0 heterocycles. The Morgan fingerprint density at radius 3 is 1.95 bits per heavy atom. The van der Waals surface area contributed by atoms with Crippen LogP contribution in [0.25, 0.3) is 0 Å². The molecule has 1 saturated carbocycles. The zero-order chi connectivity index (χ0) is 14.0. The molecule has 1 N–H and O–H groups in total. The van der Waals surface area contributed by atoms with Crippen LogP contribution in [0.1, 0.15) is 64.2 Å². The van der Waals surface area contributed by atoms with Crippen molar-refractivity contribution in [1.82, 2.24) is 0 Å². The van der Waals surface area contributed by atoms with E-state index in [0.29, 0.717) is 0 Å². The summed E-state index contributed by atoms with van der Waals surface area (Å²) in [4.78, 5) is 0. The molecule has 0 unspecified atom stereocenters. The lowest BCUT2D eigenvalue weighted by molar-refractivity contribution is 0.0227. The second-order valence-electron chi connectivity index (χ2n) is 5.94. The van der Waals surface area contributed by atoms with Crippen molar-refractivity contribution in [3.63, 3.8) is 0 Å². The Morgan fingerprint density at radius 1 is 0.750 bits per heavy atom. The molecule has 20 heavy (non-hydrogen) atoms. The van der Waals surface area contributed by atoms with Crippen LogP contribution < -0.4 is 4.74 Å². The zero-order valence-corrected chi connectivity index (χ0v) is 12.5. The SMILES string of the molecule is O[C@H]1CCCCCCCCCC[C@H]1Oc1ccccc1. The van der Waals surface area contributed by atoms with E-state index in [1.54, 1.807) is 0 Å². The Morgan fingerprint density at radius 2 is 1.30 bits per heavy atom. The van der Waals surface area contributed by atoms with Gasteiger partial charge in [0.25, 0.3) is 0 Å². The average molecular weight is 276 g/mol. The molecular formula is C18H28O2. The predicted octanol–water partition coefficient (Wildman–Crippen LogP) is 4.71. The maximum absolute atomic E-state index is 10.4. The monoisotopic (exact) mass is 276 g/mol. The van der Waals surface area contributed by atoms with Gasteiger partial charge >= 0.3 is 0 Å². The van der Waals surface area contributed by atoms with Crippen LogP contribution in [0.5, 0.6) is 5.75 Å². The molecule has 2 heteroatoms. The number of aliphatic hydroxyl groups is 1. The van der Waals surface area contributed by atoms with Gasteiger partial charge in [0.15, 0.2) is 0 Å². The van der Waals surface area contributed by atoms with E-state index >= 15 is 0 Å². The van der Waals surface area contributed by atoms with Gasteiger partial charge in [0.1, 0.15) is 11.9 Å². The highest BCUT2D eigenvalue weighted by molar-refractivity contribution is 5.21. The fourth-order valence-corrected chi connectivity index (χ4v) is 2.95. The third-order valence-electron chi connectivity index (χ3n) is 4.20. The van der Waals surface area contributed by atoms with Crippen LogP contribution in [-0.4, -0.2) is 17.3 Å². The highest BCUT2D eigenvalue weighted by Crippen LogP contribution is 2.21. The first-order valence-corrected chi connectivity index (χ1v) is 8.26. The summed E-state index contributed by atoms with van der Waals surface area (Å²) in [5.41, 5.74) is 0. The Labute approximate surface area is 123 Å². The number of ether oxygens (including phenoxy) is 1. The van der Waals surface area contributed by atoms with Crippen LogP contribution >= 0.6 is 0 Å². The van der Waals surface area contributed by atoms with E-state index in [0.717, 1.165) is 31.4 Å². The third kappa shape index (κ3) is 5.54. The number of para-hydroxylation sites is 1. The molecule has 0 aliphatic heterocycles. The molecular weight excluding hydrogens is 248 g/mol. The van der Waals surface area contributed by atoms with Gasteiger partial charge in [-0.25, -0.2) is 0 Å². The van der Waals surface area contributed by atoms with E-state index in [2.05, 4.69) is 0 Å². The first-order chi connectivity index (χ1) is 9.86. The van der Waals surface area contributed by atoms with Gasteiger partial charge in [0, 0.05) is 0 Å². The van der Waals surface area contributed by atoms with Crippen LogP contribution in [0, 0.1) is 0 Å². The summed E-state index contributed by atoms with van der Waals surface area (Å²) >= 11 is 0. The van der Waals surface area contributed by atoms with E-state index < -0.39 is 0 Å². The summed E-state index contributed by atoms with van der Waals surface area (Å²) in [6, 6.07) is 9.91. The molecule has 1 aromatic rings. The standard InChI is InChI=1S/C18H28O2/c19-17-14-10-5-3-1-2-4-6-11-15-18(17)20-16-12-8-7-9-13-16/h7-9,12-13,17-19H,1-6,10-11,14-15H2/t17-,18+/m0/s1. The molecule has 1 aromatic carbocycles. The molecule has 0 spiro atoms. The first-order valence-electron chi connectivity index (χ1n) is 8.26. The van der Waals surface area contributed by atoms with E-state index in [-0.39, 0.29) is 12.2 Å². The van der Waals surface area contributed by atoms with E-state index in [1.165, 1.54) is 38.5 Å². The van der Waals surface area contributed by atoms with Gasteiger partial charge in [-0.2, -0.15) is 0 Å². The van der Waals surface area contributed by atoms with E-state index in [1.807, 2.05) is 30.3 Å². The topological polar surface area (TPSA) is 29.5 Å². The average Bonchev–Trinajstić information content (AvgIpc) is 2.47. The summed E-state index contributed by atoms with van der Waals surface area (Å²) in [5.74, 6) is 0.878. The Hall–Kier alpha value is -1.02. The number of hydrogen-bond donors (Lipinski definition) is 1. The molecule has 1 fully saturated rings. The van der Waals surface area contributed by atoms with Crippen molar-refractivity contribution in [2.45, 2.75) is 76.4 Å². The normalized spacial score (nSPS) is 26.2. The van der Waals surface area contributed by atoms with E-state index in [9.17, 15) is 5.11 Å². The lowest BCUT2D eigenvalue weighted by Crippen LogP contribution is -2.32. The number of benzene rings is 1. The molecule has 2 rings (SSSR count). The summed E-state index contributed by atoms with van der Waals surface area (Å²) < 4.78 is 6.02. The van der Waals surface area contributed by atoms with Crippen molar-refractivity contribution >= 4 is 0 Å². The number of rotatable bonds is 2. The minimum absolute atomic E-state index is 0.0446. The molecule has 2 nitrogen and oxygen atoms in total. The quantitative estimate of drug-likeness (QED) is 0.847. The molecule has 0 saturated heterocycles. The molecule has 0 bridgehead atoms. The Bertz CT molecular complexity index is 350. The molecule has 2 atom stereocenters.